The zero-order chi connectivity index (χ0) is 16.8. The van der Waals surface area contributed by atoms with Crippen LogP contribution in [0, 0.1) is 0 Å². The van der Waals surface area contributed by atoms with E-state index in [1.165, 1.54) is 7.11 Å². The molecule has 0 saturated carbocycles. The quantitative estimate of drug-likeness (QED) is 0.533. The van der Waals surface area contributed by atoms with Crippen molar-refractivity contribution in [2.75, 3.05) is 20.3 Å². The van der Waals surface area contributed by atoms with Gasteiger partial charge in [0.2, 0.25) is 5.88 Å². The van der Waals surface area contributed by atoms with Crippen molar-refractivity contribution < 1.29 is 24.6 Å². The lowest BCUT2D eigenvalue weighted by Gasteiger charge is -2.30. The molecule has 22 heavy (non-hydrogen) atoms. The van der Waals surface area contributed by atoms with Gasteiger partial charge in [0, 0.05) is 12.0 Å². The molecular weight excluding hydrogens is 310 g/mol. The van der Waals surface area contributed by atoms with E-state index >= 15 is 0 Å². The second kappa shape index (κ2) is 8.37. The average Bonchev–Trinajstić information content (AvgIpc) is 2.88. The predicted molar refractivity (Wildman–Crippen MR) is 80.0 cm³/mol. The van der Waals surface area contributed by atoms with Crippen molar-refractivity contribution in [1.82, 2.24) is 13.8 Å². The van der Waals surface area contributed by atoms with Gasteiger partial charge in [-0.1, -0.05) is 0 Å². The molecule has 1 aromatic rings. The molecule has 0 amide bonds. The largest absolute Gasteiger partial charge is 0.473 e. The lowest BCUT2D eigenvalue weighted by molar-refractivity contribution is -0.174. The lowest BCUT2D eigenvalue weighted by Crippen LogP contribution is -2.44. The number of aromatic nitrogens is 2. The van der Waals surface area contributed by atoms with Gasteiger partial charge in [-0.05, 0) is 20.8 Å². The van der Waals surface area contributed by atoms with E-state index in [-0.39, 0.29) is 25.5 Å². The number of carbonyl (C=O) groups is 1. The number of methoxy groups -OCH3 is 1. The molecule has 0 aliphatic heterocycles. The van der Waals surface area contributed by atoms with Gasteiger partial charge in [0.1, 0.15) is 18.4 Å². The van der Waals surface area contributed by atoms with Gasteiger partial charge in [0.05, 0.1) is 31.8 Å². The third-order valence-electron chi connectivity index (χ3n) is 2.89. The highest BCUT2D eigenvalue weighted by molar-refractivity contribution is 6.99. The number of aliphatic hydroxyl groups excluding tert-OH is 1. The molecule has 1 unspecified atom stereocenters. The Morgan fingerprint density at radius 3 is 2.68 bits per heavy atom. The summed E-state index contributed by atoms with van der Waals surface area (Å²) in [5, 5.41) is 20.7. The molecule has 126 valence electrons. The SMILES string of the molecule is COC(=O)CCc1nsnc1OCC(O)CN(O)C(C)(C)C. The number of aryl methyl sites for hydroxylation is 1. The average molecular weight is 333 g/mol. The van der Waals surface area contributed by atoms with Gasteiger partial charge in [-0.2, -0.15) is 9.44 Å². The Balaban J connectivity index is 2.45. The van der Waals surface area contributed by atoms with Crippen molar-refractivity contribution in [2.24, 2.45) is 0 Å². The molecule has 0 aromatic carbocycles. The molecule has 0 bridgehead atoms. The molecule has 0 fully saturated rings. The van der Waals surface area contributed by atoms with Gasteiger partial charge in [-0.25, -0.2) is 0 Å². The first-order chi connectivity index (χ1) is 10.2. The predicted octanol–water partition coefficient (Wildman–Crippen LogP) is 0.873. The summed E-state index contributed by atoms with van der Waals surface area (Å²) >= 11 is 0.977. The number of hydroxylamine groups is 2. The van der Waals surface area contributed by atoms with Gasteiger partial charge in [0.15, 0.2) is 0 Å². The van der Waals surface area contributed by atoms with E-state index in [0.29, 0.717) is 18.0 Å². The first-order valence-corrected chi connectivity index (χ1v) is 7.62. The Hall–Kier alpha value is -1.29. The molecule has 1 atom stereocenters. The van der Waals surface area contributed by atoms with Crippen LogP contribution in [0.25, 0.3) is 0 Å². The summed E-state index contributed by atoms with van der Waals surface area (Å²) in [7, 11) is 1.32. The number of hydrogen-bond donors (Lipinski definition) is 2. The Bertz CT molecular complexity index is 474. The minimum atomic E-state index is -0.876. The van der Waals surface area contributed by atoms with E-state index in [4.69, 9.17) is 4.74 Å². The number of hydrogen-bond acceptors (Lipinski definition) is 9. The monoisotopic (exact) mass is 333 g/mol. The van der Waals surface area contributed by atoms with Crippen LogP contribution in [-0.4, -0.2) is 62.0 Å². The minimum absolute atomic E-state index is 0.0240. The maximum atomic E-state index is 11.1. The van der Waals surface area contributed by atoms with Crippen LogP contribution in [0.15, 0.2) is 0 Å². The molecule has 9 heteroatoms. The number of aliphatic hydroxyl groups is 1. The summed E-state index contributed by atoms with van der Waals surface area (Å²) in [6.07, 6.45) is -0.322. The van der Waals surface area contributed by atoms with E-state index in [9.17, 15) is 15.1 Å². The molecule has 2 N–H and O–H groups in total. The van der Waals surface area contributed by atoms with E-state index in [2.05, 4.69) is 13.5 Å². The molecule has 1 heterocycles. The normalized spacial score (nSPS) is 13.2. The zero-order valence-corrected chi connectivity index (χ0v) is 14.1. The smallest absolute Gasteiger partial charge is 0.305 e. The number of esters is 1. The van der Waals surface area contributed by atoms with Gasteiger partial charge in [0.25, 0.3) is 0 Å². The second-order valence-corrected chi connectivity index (χ2v) is 6.34. The third-order valence-corrected chi connectivity index (χ3v) is 3.44. The highest BCUT2D eigenvalue weighted by Gasteiger charge is 2.23. The highest BCUT2D eigenvalue weighted by atomic mass is 32.1. The highest BCUT2D eigenvalue weighted by Crippen LogP contribution is 2.18. The summed E-state index contributed by atoms with van der Waals surface area (Å²) in [4.78, 5) is 11.1. The van der Waals surface area contributed by atoms with Crippen molar-refractivity contribution in [3.05, 3.63) is 5.69 Å². The van der Waals surface area contributed by atoms with E-state index in [1.807, 2.05) is 20.8 Å². The van der Waals surface area contributed by atoms with Crippen LogP contribution in [0.3, 0.4) is 0 Å². The first-order valence-electron chi connectivity index (χ1n) is 6.89. The fraction of sp³-hybridized carbons (Fsp3) is 0.769. The molecular formula is C13H23N3O5S. The zero-order valence-electron chi connectivity index (χ0n) is 13.3. The van der Waals surface area contributed by atoms with E-state index in [0.717, 1.165) is 16.8 Å². The number of β-amino-alcohol motifs (C(OH)–C–C–N with tert-alkyl or cyclic N) is 1. The number of nitrogens with zero attached hydrogens (tertiary/aromatic N) is 3. The molecule has 0 aliphatic rings. The maximum absolute atomic E-state index is 11.1. The first kappa shape index (κ1) is 18.8. The van der Waals surface area contributed by atoms with Crippen molar-refractivity contribution in [2.45, 2.75) is 45.3 Å². The van der Waals surface area contributed by atoms with Crippen LogP contribution in [0.2, 0.25) is 0 Å². The molecule has 1 aromatic heterocycles. The topological polar surface area (TPSA) is 105 Å². The Morgan fingerprint density at radius 2 is 2.09 bits per heavy atom. The summed E-state index contributed by atoms with van der Waals surface area (Å²) in [5.74, 6) is -0.0340. The molecule has 0 radical (unpaired) electrons. The van der Waals surface area contributed by atoms with Crippen molar-refractivity contribution in [3.63, 3.8) is 0 Å². The Morgan fingerprint density at radius 1 is 1.41 bits per heavy atom. The van der Waals surface area contributed by atoms with Crippen molar-refractivity contribution in [1.29, 1.82) is 0 Å². The Labute approximate surface area is 133 Å². The summed E-state index contributed by atoms with van der Waals surface area (Å²) in [6.45, 7) is 5.52. The van der Waals surface area contributed by atoms with Gasteiger partial charge >= 0.3 is 5.97 Å². The van der Waals surface area contributed by atoms with Crippen LogP contribution in [-0.2, 0) is 16.0 Å². The molecule has 0 saturated heterocycles. The number of rotatable bonds is 8. The summed E-state index contributed by atoms with van der Waals surface area (Å²) < 4.78 is 18.0. The van der Waals surface area contributed by atoms with Crippen LogP contribution in [0.4, 0.5) is 0 Å². The standard InChI is InChI=1S/C13H23N3O5S/c1-13(2,3)16(19)7-9(17)8-21-12-10(14-22-15-12)5-6-11(18)20-4/h9,17,19H,5-8H2,1-4H3. The number of ether oxygens (including phenoxy) is 2. The lowest BCUT2D eigenvalue weighted by atomic mass is 10.1. The maximum Gasteiger partial charge on any atom is 0.305 e. The fourth-order valence-electron chi connectivity index (χ4n) is 1.48. The summed E-state index contributed by atoms with van der Waals surface area (Å²) in [5.41, 5.74) is 0.0914. The Kier molecular flexibility index (Phi) is 7.14. The van der Waals surface area contributed by atoms with Crippen LogP contribution in [0.1, 0.15) is 32.9 Å². The second-order valence-electron chi connectivity index (χ2n) is 5.81. The third kappa shape index (κ3) is 6.22. The molecule has 1 rings (SSSR count). The molecule has 8 nitrogen and oxygen atoms in total. The molecule has 0 aliphatic carbocycles. The van der Waals surface area contributed by atoms with E-state index in [1.54, 1.807) is 0 Å². The van der Waals surface area contributed by atoms with Gasteiger partial charge < -0.3 is 19.8 Å². The van der Waals surface area contributed by atoms with Crippen molar-refractivity contribution in [3.8, 4) is 5.88 Å². The van der Waals surface area contributed by atoms with Crippen LogP contribution >= 0.6 is 11.7 Å². The fourth-order valence-corrected chi connectivity index (χ4v) is 2.03. The van der Waals surface area contributed by atoms with Gasteiger partial charge in [-0.3, -0.25) is 4.79 Å². The van der Waals surface area contributed by atoms with Crippen LogP contribution in [0.5, 0.6) is 5.88 Å². The van der Waals surface area contributed by atoms with E-state index < -0.39 is 11.6 Å². The van der Waals surface area contributed by atoms with Gasteiger partial charge in [-0.15, -0.1) is 4.37 Å². The van der Waals surface area contributed by atoms with Crippen LogP contribution < -0.4 is 4.74 Å². The minimum Gasteiger partial charge on any atom is -0.473 e. The van der Waals surface area contributed by atoms with Crippen molar-refractivity contribution >= 4 is 17.7 Å². The number of carbonyl (C=O) groups excluding carboxylic acids is 1. The molecule has 0 spiro atoms. The summed E-state index contributed by atoms with van der Waals surface area (Å²) in [6, 6.07) is 0.